The van der Waals surface area contributed by atoms with Crippen LogP contribution in [-0.4, -0.2) is 30.8 Å². The summed E-state index contributed by atoms with van der Waals surface area (Å²) in [4.78, 5) is 12.2. The third-order valence-electron chi connectivity index (χ3n) is 3.84. The second-order valence-electron chi connectivity index (χ2n) is 5.29. The number of carbonyl (C=O) groups excluding carboxylic acids is 1. The van der Waals surface area contributed by atoms with Crippen LogP contribution in [0.3, 0.4) is 0 Å². The number of carbonyl (C=O) groups is 1. The van der Waals surface area contributed by atoms with Gasteiger partial charge in [-0.05, 0) is 12.8 Å². The molecule has 2 fully saturated rings. The van der Waals surface area contributed by atoms with Crippen molar-refractivity contribution in [1.29, 1.82) is 0 Å². The average Bonchev–Trinajstić information content (AvgIpc) is 2.56. The lowest BCUT2D eigenvalue weighted by atomic mass is 9.91. The molecule has 0 atom stereocenters. The lowest BCUT2D eigenvalue weighted by Crippen LogP contribution is -2.50. The molecular formula is C13H23NO3. The molecule has 2 N–H and O–H groups in total. The number of ether oxygens (including phenoxy) is 2. The Labute approximate surface area is 103 Å². The van der Waals surface area contributed by atoms with E-state index in [9.17, 15) is 4.79 Å². The molecule has 0 aromatic heterocycles. The summed E-state index contributed by atoms with van der Waals surface area (Å²) in [6.45, 7) is 1.38. The van der Waals surface area contributed by atoms with Gasteiger partial charge < -0.3 is 15.2 Å². The van der Waals surface area contributed by atoms with Gasteiger partial charge in [0.2, 0.25) is 0 Å². The second kappa shape index (κ2) is 5.83. The van der Waals surface area contributed by atoms with Crippen molar-refractivity contribution in [2.45, 2.75) is 63.0 Å². The summed E-state index contributed by atoms with van der Waals surface area (Å²) < 4.78 is 10.8. The van der Waals surface area contributed by atoms with Crippen LogP contribution in [0, 0.1) is 0 Å². The predicted octanol–water partition coefficient (Wildman–Crippen LogP) is 1.76. The van der Waals surface area contributed by atoms with E-state index in [2.05, 4.69) is 0 Å². The minimum atomic E-state index is -0.727. The van der Waals surface area contributed by atoms with Gasteiger partial charge in [0, 0.05) is 12.8 Å². The molecule has 1 saturated heterocycles. The number of hydrogen-bond acceptors (Lipinski definition) is 4. The van der Waals surface area contributed by atoms with Crippen molar-refractivity contribution in [3.05, 3.63) is 0 Å². The standard InChI is InChI=1S/C13H23NO3/c14-13(7-3-1-2-4-8-13)12(15)17-11-5-9-16-10-6-11/h11H,1-10,14H2. The van der Waals surface area contributed by atoms with E-state index in [1.807, 2.05) is 0 Å². The molecule has 17 heavy (non-hydrogen) atoms. The summed E-state index contributed by atoms with van der Waals surface area (Å²) in [7, 11) is 0. The van der Waals surface area contributed by atoms with Crippen molar-refractivity contribution in [3.8, 4) is 0 Å². The minimum absolute atomic E-state index is 0.0138. The quantitative estimate of drug-likeness (QED) is 0.591. The van der Waals surface area contributed by atoms with E-state index in [0.29, 0.717) is 13.2 Å². The van der Waals surface area contributed by atoms with Gasteiger partial charge in [0.25, 0.3) is 0 Å². The van der Waals surface area contributed by atoms with Crippen LogP contribution in [-0.2, 0) is 14.3 Å². The monoisotopic (exact) mass is 241 g/mol. The lowest BCUT2D eigenvalue weighted by Gasteiger charge is -2.30. The van der Waals surface area contributed by atoms with Crippen LogP contribution < -0.4 is 5.73 Å². The summed E-state index contributed by atoms with van der Waals surface area (Å²) in [5.41, 5.74) is 5.49. The van der Waals surface area contributed by atoms with Crippen molar-refractivity contribution in [1.82, 2.24) is 0 Å². The molecule has 0 radical (unpaired) electrons. The van der Waals surface area contributed by atoms with Crippen LogP contribution in [0.2, 0.25) is 0 Å². The van der Waals surface area contributed by atoms with E-state index in [1.54, 1.807) is 0 Å². The van der Waals surface area contributed by atoms with Crippen LogP contribution in [0.1, 0.15) is 51.4 Å². The minimum Gasteiger partial charge on any atom is -0.461 e. The molecule has 0 aromatic carbocycles. The lowest BCUT2D eigenvalue weighted by molar-refractivity contribution is -0.160. The van der Waals surface area contributed by atoms with Crippen LogP contribution in [0.5, 0.6) is 0 Å². The fourth-order valence-electron chi connectivity index (χ4n) is 2.63. The highest BCUT2D eigenvalue weighted by molar-refractivity contribution is 5.80. The third-order valence-corrected chi connectivity index (χ3v) is 3.84. The van der Waals surface area contributed by atoms with E-state index in [1.165, 1.54) is 12.8 Å². The molecule has 0 unspecified atom stereocenters. The van der Waals surface area contributed by atoms with Crippen molar-refractivity contribution in [2.75, 3.05) is 13.2 Å². The molecule has 1 aliphatic heterocycles. The molecule has 98 valence electrons. The van der Waals surface area contributed by atoms with E-state index in [0.717, 1.165) is 38.5 Å². The Kier molecular flexibility index (Phi) is 4.40. The number of nitrogens with two attached hydrogens (primary N) is 1. The highest BCUT2D eigenvalue weighted by Gasteiger charge is 2.37. The molecule has 4 heteroatoms. The Morgan fingerprint density at radius 1 is 1.12 bits per heavy atom. The van der Waals surface area contributed by atoms with E-state index in [4.69, 9.17) is 15.2 Å². The first kappa shape index (κ1) is 12.8. The van der Waals surface area contributed by atoms with Crippen LogP contribution in [0.4, 0.5) is 0 Å². The summed E-state index contributed by atoms with van der Waals surface area (Å²) in [5.74, 6) is -0.189. The Morgan fingerprint density at radius 3 is 2.29 bits per heavy atom. The molecule has 0 bridgehead atoms. The predicted molar refractivity (Wildman–Crippen MR) is 64.6 cm³/mol. The van der Waals surface area contributed by atoms with Gasteiger partial charge in [0.1, 0.15) is 11.6 Å². The number of rotatable bonds is 2. The first-order valence-corrected chi connectivity index (χ1v) is 6.78. The van der Waals surface area contributed by atoms with E-state index in [-0.39, 0.29) is 12.1 Å². The molecule has 4 nitrogen and oxygen atoms in total. The Morgan fingerprint density at radius 2 is 1.71 bits per heavy atom. The molecule has 1 saturated carbocycles. The van der Waals surface area contributed by atoms with Gasteiger partial charge in [-0.3, -0.25) is 4.79 Å². The van der Waals surface area contributed by atoms with E-state index >= 15 is 0 Å². The second-order valence-corrected chi connectivity index (χ2v) is 5.29. The molecule has 0 aromatic rings. The topological polar surface area (TPSA) is 61.6 Å². The largest absolute Gasteiger partial charge is 0.461 e. The van der Waals surface area contributed by atoms with Crippen LogP contribution in [0.25, 0.3) is 0 Å². The van der Waals surface area contributed by atoms with Gasteiger partial charge in [-0.2, -0.15) is 0 Å². The van der Waals surface area contributed by atoms with Gasteiger partial charge in [-0.15, -0.1) is 0 Å². The normalized spacial score (nSPS) is 26.2. The van der Waals surface area contributed by atoms with Crippen molar-refractivity contribution in [3.63, 3.8) is 0 Å². The van der Waals surface area contributed by atoms with Gasteiger partial charge in [-0.1, -0.05) is 25.7 Å². The fourth-order valence-corrected chi connectivity index (χ4v) is 2.63. The molecule has 1 aliphatic carbocycles. The molecule has 2 aliphatic rings. The third kappa shape index (κ3) is 3.42. The summed E-state index contributed by atoms with van der Waals surface area (Å²) in [5, 5.41) is 0. The van der Waals surface area contributed by atoms with Gasteiger partial charge in [0.05, 0.1) is 13.2 Å². The van der Waals surface area contributed by atoms with E-state index < -0.39 is 5.54 Å². The molecule has 1 heterocycles. The number of esters is 1. The Hall–Kier alpha value is -0.610. The van der Waals surface area contributed by atoms with Crippen LogP contribution >= 0.6 is 0 Å². The maximum Gasteiger partial charge on any atom is 0.326 e. The summed E-state index contributed by atoms with van der Waals surface area (Å²) in [6, 6.07) is 0. The first-order valence-electron chi connectivity index (χ1n) is 6.78. The maximum absolute atomic E-state index is 12.2. The maximum atomic E-state index is 12.2. The smallest absolute Gasteiger partial charge is 0.326 e. The molecule has 0 spiro atoms. The molecule has 2 rings (SSSR count). The van der Waals surface area contributed by atoms with Crippen molar-refractivity contribution < 1.29 is 14.3 Å². The summed E-state index contributed by atoms with van der Waals surface area (Å²) >= 11 is 0. The average molecular weight is 241 g/mol. The highest BCUT2D eigenvalue weighted by atomic mass is 16.6. The Balaban J connectivity index is 1.88. The van der Waals surface area contributed by atoms with Gasteiger partial charge in [0.15, 0.2) is 0 Å². The summed E-state index contributed by atoms with van der Waals surface area (Å²) in [6.07, 6.45) is 7.62. The zero-order valence-electron chi connectivity index (χ0n) is 10.5. The molecular weight excluding hydrogens is 218 g/mol. The van der Waals surface area contributed by atoms with Gasteiger partial charge >= 0.3 is 5.97 Å². The van der Waals surface area contributed by atoms with Gasteiger partial charge in [-0.25, -0.2) is 0 Å². The SMILES string of the molecule is NC1(C(=O)OC2CCOCC2)CCCCCC1. The van der Waals surface area contributed by atoms with Crippen molar-refractivity contribution >= 4 is 5.97 Å². The zero-order chi connectivity index (χ0) is 12.1. The molecule has 0 amide bonds. The fraction of sp³-hybridized carbons (Fsp3) is 0.923. The Bertz CT molecular complexity index is 253. The highest BCUT2D eigenvalue weighted by Crippen LogP contribution is 2.27. The zero-order valence-corrected chi connectivity index (χ0v) is 10.5. The van der Waals surface area contributed by atoms with Crippen molar-refractivity contribution in [2.24, 2.45) is 5.73 Å². The first-order chi connectivity index (χ1) is 8.21. The van der Waals surface area contributed by atoms with Crippen LogP contribution in [0.15, 0.2) is 0 Å². The number of hydrogen-bond donors (Lipinski definition) is 1.